The molecule has 0 amide bonds. The molecule has 94 valence electrons. The van der Waals surface area contributed by atoms with Gasteiger partial charge in [0.25, 0.3) is 0 Å². The number of hydrogen-bond donors (Lipinski definition) is 1. The van der Waals surface area contributed by atoms with Crippen LogP contribution in [0.2, 0.25) is 0 Å². The van der Waals surface area contributed by atoms with Gasteiger partial charge < -0.3 is 10.1 Å². The maximum Gasteiger partial charge on any atom is 0.132 e. The third kappa shape index (κ3) is 2.14. The predicted octanol–water partition coefficient (Wildman–Crippen LogP) is 2.81. The summed E-state index contributed by atoms with van der Waals surface area (Å²) in [5.74, 6) is 2.41. The van der Waals surface area contributed by atoms with Crippen LogP contribution in [-0.4, -0.2) is 24.1 Å². The number of para-hydroxylation sites is 1. The lowest BCUT2D eigenvalue weighted by atomic mass is 10.1. The predicted molar refractivity (Wildman–Crippen MR) is 73.0 cm³/mol. The third-order valence-electron chi connectivity index (χ3n) is 2.86. The summed E-state index contributed by atoms with van der Waals surface area (Å²) in [4.78, 5) is 8.90. The average Bonchev–Trinajstić information content (AvgIpc) is 2.41. The fourth-order valence-corrected chi connectivity index (χ4v) is 1.97. The summed E-state index contributed by atoms with van der Waals surface area (Å²) >= 11 is 0. The van der Waals surface area contributed by atoms with Gasteiger partial charge in [-0.05, 0) is 26.0 Å². The van der Waals surface area contributed by atoms with Crippen LogP contribution in [0.3, 0.4) is 0 Å². The Balaban J connectivity index is 2.67. The highest BCUT2D eigenvalue weighted by molar-refractivity contribution is 5.73. The molecule has 0 fully saturated rings. The Morgan fingerprint density at radius 2 is 1.83 bits per heavy atom. The molecule has 0 saturated heterocycles. The summed E-state index contributed by atoms with van der Waals surface area (Å²) in [6, 6.07) is 7.87. The van der Waals surface area contributed by atoms with Gasteiger partial charge in [-0.15, -0.1) is 0 Å². The number of rotatable bonds is 3. The van der Waals surface area contributed by atoms with Gasteiger partial charge in [0.15, 0.2) is 0 Å². The zero-order valence-electron chi connectivity index (χ0n) is 11.1. The molecular formula is C14H17N3O. The molecule has 0 saturated carbocycles. The molecule has 4 nitrogen and oxygen atoms in total. The second-order valence-corrected chi connectivity index (χ2v) is 4.04. The van der Waals surface area contributed by atoms with Crippen molar-refractivity contribution in [1.82, 2.24) is 9.97 Å². The summed E-state index contributed by atoms with van der Waals surface area (Å²) in [5, 5.41) is 3.09. The molecule has 1 aromatic carbocycles. The molecule has 18 heavy (non-hydrogen) atoms. The van der Waals surface area contributed by atoms with Crippen molar-refractivity contribution in [3.05, 3.63) is 35.7 Å². The first-order valence-corrected chi connectivity index (χ1v) is 5.83. The number of aryl methyl sites for hydroxylation is 1. The highest BCUT2D eigenvalue weighted by Crippen LogP contribution is 2.32. The lowest BCUT2D eigenvalue weighted by Crippen LogP contribution is -2.03. The molecule has 2 aromatic rings. The molecule has 0 aliphatic carbocycles. The van der Waals surface area contributed by atoms with E-state index in [4.69, 9.17) is 4.74 Å². The third-order valence-corrected chi connectivity index (χ3v) is 2.86. The van der Waals surface area contributed by atoms with Crippen LogP contribution >= 0.6 is 0 Å². The summed E-state index contributed by atoms with van der Waals surface area (Å²) in [6.45, 7) is 3.90. The van der Waals surface area contributed by atoms with E-state index < -0.39 is 0 Å². The lowest BCUT2D eigenvalue weighted by Gasteiger charge is -2.13. The van der Waals surface area contributed by atoms with Crippen molar-refractivity contribution >= 4 is 5.82 Å². The van der Waals surface area contributed by atoms with E-state index in [0.717, 1.165) is 34.2 Å². The number of ether oxygens (including phenoxy) is 1. The molecule has 0 aliphatic rings. The van der Waals surface area contributed by atoms with Crippen LogP contribution in [0.15, 0.2) is 24.3 Å². The molecule has 0 atom stereocenters. The number of nitrogens with one attached hydrogen (secondary N) is 1. The van der Waals surface area contributed by atoms with Gasteiger partial charge in [0, 0.05) is 18.2 Å². The van der Waals surface area contributed by atoms with Crippen LogP contribution in [0.25, 0.3) is 11.3 Å². The number of anilines is 1. The Morgan fingerprint density at radius 1 is 1.11 bits per heavy atom. The average molecular weight is 243 g/mol. The standard InChI is InChI=1S/C14H17N3O/c1-9-13(16-10(2)17-14(9)15-3)11-7-5-6-8-12(11)18-4/h5-8H,1-4H3,(H,15,16,17). The molecule has 0 radical (unpaired) electrons. The molecule has 2 rings (SSSR count). The zero-order chi connectivity index (χ0) is 13.1. The molecule has 0 unspecified atom stereocenters. The maximum absolute atomic E-state index is 5.39. The molecule has 1 heterocycles. The van der Waals surface area contributed by atoms with Gasteiger partial charge in [0.1, 0.15) is 17.4 Å². The molecule has 0 bridgehead atoms. The minimum absolute atomic E-state index is 0.742. The van der Waals surface area contributed by atoms with Crippen molar-refractivity contribution in [3.8, 4) is 17.0 Å². The minimum atomic E-state index is 0.742. The quantitative estimate of drug-likeness (QED) is 0.900. The molecule has 0 aliphatic heterocycles. The second-order valence-electron chi connectivity index (χ2n) is 4.04. The topological polar surface area (TPSA) is 47.0 Å². The van der Waals surface area contributed by atoms with Crippen molar-refractivity contribution in [3.63, 3.8) is 0 Å². The molecular weight excluding hydrogens is 226 g/mol. The second kappa shape index (κ2) is 5.04. The normalized spacial score (nSPS) is 10.2. The van der Waals surface area contributed by atoms with E-state index in [1.165, 1.54) is 0 Å². The van der Waals surface area contributed by atoms with E-state index in [1.54, 1.807) is 7.11 Å². The summed E-state index contributed by atoms with van der Waals surface area (Å²) in [7, 11) is 3.53. The van der Waals surface area contributed by atoms with Crippen molar-refractivity contribution in [2.75, 3.05) is 19.5 Å². The van der Waals surface area contributed by atoms with Crippen LogP contribution in [0.4, 0.5) is 5.82 Å². The van der Waals surface area contributed by atoms with E-state index in [9.17, 15) is 0 Å². The van der Waals surface area contributed by atoms with Gasteiger partial charge >= 0.3 is 0 Å². The highest BCUT2D eigenvalue weighted by Gasteiger charge is 2.13. The monoisotopic (exact) mass is 243 g/mol. The first-order valence-electron chi connectivity index (χ1n) is 5.83. The van der Waals surface area contributed by atoms with Crippen molar-refractivity contribution in [2.24, 2.45) is 0 Å². The molecule has 4 heteroatoms. The Kier molecular flexibility index (Phi) is 3.46. The fraction of sp³-hybridized carbons (Fsp3) is 0.286. The van der Waals surface area contributed by atoms with E-state index in [0.29, 0.717) is 0 Å². The molecule has 0 spiro atoms. The van der Waals surface area contributed by atoms with Crippen LogP contribution in [0.5, 0.6) is 5.75 Å². The Morgan fingerprint density at radius 3 is 2.50 bits per heavy atom. The van der Waals surface area contributed by atoms with Crippen molar-refractivity contribution in [2.45, 2.75) is 13.8 Å². The maximum atomic E-state index is 5.39. The van der Waals surface area contributed by atoms with Gasteiger partial charge in [0.05, 0.1) is 12.8 Å². The van der Waals surface area contributed by atoms with Crippen molar-refractivity contribution in [1.29, 1.82) is 0 Å². The highest BCUT2D eigenvalue weighted by atomic mass is 16.5. The summed E-state index contributed by atoms with van der Waals surface area (Å²) in [6.07, 6.45) is 0. The molecule has 1 aromatic heterocycles. The Labute approximate surface area is 107 Å². The summed E-state index contributed by atoms with van der Waals surface area (Å²) < 4.78 is 5.39. The fourth-order valence-electron chi connectivity index (χ4n) is 1.97. The van der Waals surface area contributed by atoms with E-state index >= 15 is 0 Å². The lowest BCUT2D eigenvalue weighted by molar-refractivity contribution is 0.416. The number of aromatic nitrogens is 2. The minimum Gasteiger partial charge on any atom is -0.496 e. The Bertz CT molecular complexity index is 567. The largest absolute Gasteiger partial charge is 0.496 e. The van der Waals surface area contributed by atoms with Gasteiger partial charge in [-0.2, -0.15) is 0 Å². The number of benzene rings is 1. The van der Waals surface area contributed by atoms with Crippen LogP contribution in [-0.2, 0) is 0 Å². The zero-order valence-corrected chi connectivity index (χ0v) is 11.1. The number of methoxy groups -OCH3 is 1. The van der Waals surface area contributed by atoms with Gasteiger partial charge in [0.2, 0.25) is 0 Å². The molecule has 1 N–H and O–H groups in total. The Hall–Kier alpha value is -2.10. The van der Waals surface area contributed by atoms with E-state index in [-0.39, 0.29) is 0 Å². The summed E-state index contributed by atoms with van der Waals surface area (Å²) in [5.41, 5.74) is 2.91. The first kappa shape index (κ1) is 12.4. The number of hydrogen-bond acceptors (Lipinski definition) is 4. The van der Waals surface area contributed by atoms with Crippen LogP contribution < -0.4 is 10.1 Å². The van der Waals surface area contributed by atoms with E-state index in [2.05, 4.69) is 15.3 Å². The number of nitrogens with zero attached hydrogens (tertiary/aromatic N) is 2. The van der Waals surface area contributed by atoms with Gasteiger partial charge in [-0.1, -0.05) is 12.1 Å². The van der Waals surface area contributed by atoms with Crippen molar-refractivity contribution < 1.29 is 4.74 Å². The SMILES string of the molecule is CNc1nc(C)nc(-c2ccccc2OC)c1C. The van der Waals surface area contributed by atoms with Crippen LogP contribution in [0.1, 0.15) is 11.4 Å². The van der Waals surface area contributed by atoms with Gasteiger partial charge in [-0.25, -0.2) is 9.97 Å². The van der Waals surface area contributed by atoms with E-state index in [1.807, 2.05) is 45.2 Å². The van der Waals surface area contributed by atoms with Crippen LogP contribution in [0, 0.1) is 13.8 Å². The van der Waals surface area contributed by atoms with Gasteiger partial charge in [-0.3, -0.25) is 0 Å². The first-order chi connectivity index (χ1) is 8.67. The smallest absolute Gasteiger partial charge is 0.132 e.